The standard InChI is InChI=1S/C34H35N5O6S/c1-5-45-34(42)27-21-10-6-7-11-26(21)46-32(27)37-31(40)22-18-23-30(36-29-19(2)9-8-15-39(29)33(23)41)38(28(22)35)16-14-20-12-13-24(43-3)25(17-20)44-4/h8-9,12-13,15,17-18,35H,5-7,10-11,14,16H2,1-4H3,(H,37,40). The minimum atomic E-state index is -0.593. The maximum Gasteiger partial charge on any atom is 0.341 e. The number of aryl methyl sites for hydroxylation is 4. The molecule has 46 heavy (non-hydrogen) atoms. The predicted octanol–water partition coefficient (Wildman–Crippen LogP) is 5.07. The molecule has 12 heteroatoms. The van der Waals surface area contributed by atoms with E-state index < -0.39 is 11.9 Å². The van der Waals surface area contributed by atoms with Gasteiger partial charge >= 0.3 is 5.97 Å². The number of esters is 1. The Bertz CT molecular complexity index is 2130. The van der Waals surface area contributed by atoms with E-state index in [0.29, 0.717) is 39.8 Å². The van der Waals surface area contributed by atoms with Gasteiger partial charge in [0.15, 0.2) is 11.5 Å². The summed E-state index contributed by atoms with van der Waals surface area (Å²) in [5.74, 6) is 0.0992. The van der Waals surface area contributed by atoms with Crippen LogP contribution in [0.25, 0.3) is 16.7 Å². The first-order chi connectivity index (χ1) is 22.2. The first-order valence-corrected chi connectivity index (χ1v) is 16.0. The normalized spacial score (nSPS) is 12.6. The number of carbonyl (C=O) groups is 2. The molecule has 0 saturated carbocycles. The fourth-order valence-corrected chi connectivity index (χ4v) is 7.28. The van der Waals surface area contributed by atoms with Gasteiger partial charge < -0.3 is 24.1 Å². The smallest absolute Gasteiger partial charge is 0.341 e. The Kier molecular flexibility index (Phi) is 8.63. The number of pyridine rings is 2. The number of nitrogens with one attached hydrogen (secondary N) is 2. The molecule has 6 rings (SSSR count). The van der Waals surface area contributed by atoms with Gasteiger partial charge in [-0.3, -0.25) is 19.4 Å². The van der Waals surface area contributed by atoms with Gasteiger partial charge in [0.05, 0.1) is 37.3 Å². The summed E-state index contributed by atoms with van der Waals surface area (Å²) in [5.41, 5.74) is 3.33. The molecule has 5 aromatic rings. The number of nitrogens with zero attached hydrogens (tertiary/aromatic N) is 3. The van der Waals surface area contributed by atoms with Crippen molar-refractivity contribution in [3.05, 3.63) is 91.1 Å². The summed E-state index contributed by atoms with van der Waals surface area (Å²) in [6.45, 7) is 4.08. The Morgan fingerprint density at radius 1 is 1.07 bits per heavy atom. The molecule has 0 atom stereocenters. The molecule has 0 saturated heterocycles. The Labute approximate surface area is 268 Å². The highest BCUT2D eigenvalue weighted by molar-refractivity contribution is 7.17. The second-order valence-electron chi connectivity index (χ2n) is 11.1. The van der Waals surface area contributed by atoms with Gasteiger partial charge in [0.25, 0.3) is 11.5 Å². The van der Waals surface area contributed by atoms with Gasteiger partial charge in [-0.2, -0.15) is 0 Å². The van der Waals surface area contributed by atoms with Gasteiger partial charge in [-0.05, 0) is 86.9 Å². The first kappa shape index (κ1) is 31.0. The Morgan fingerprint density at radius 2 is 1.85 bits per heavy atom. The summed E-state index contributed by atoms with van der Waals surface area (Å²) in [7, 11) is 3.14. The van der Waals surface area contributed by atoms with Crippen LogP contribution in [0.15, 0.2) is 47.4 Å². The molecule has 0 unspecified atom stereocenters. The summed E-state index contributed by atoms with van der Waals surface area (Å²) >= 11 is 1.37. The summed E-state index contributed by atoms with van der Waals surface area (Å²) in [6, 6.07) is 10.6. The fraction of sp³-hybridized carbons (Fsp3) is 0.324. The number of thiophene rings is 1. The third-order valence-electron chi connectivity index (χ3n) is 8.33. The topological polar surface area (TPSA) is 137 Å². The number of methoxy groups -OCH3 is 2. The number of amides is 1. The Balaban J connectivity index is 1.47. The zero-order valence-electron chi connectivity index (χ0n) is 26.2. The fourth-order valence-electron chi connectivity index (χ4n) is 6.01. The molecule has 4 heterocycles. The van der Waals surface area contributed by atoms with Gasteiger partial charge in [-0.15, -0.1) is 11.3 Å². The summed E-state index contributed by atoms with van der Waals surface area (Å²) in [5, 5.41) is 12.7. The number of hydrogen-bond donors (Lipinski definition) is 2. The van der Waals surface area contributed by atoms with Crippen molar-refractivity contribution in [1.29, 1.82) is 5.41 Å². The highest BCUT2D eigenvalue weighted by Crippen LogP contribution is 2.39. The summed E-state index contributed by atoms with van der Waals surface area (Å²) < 4.78 is 19.2. The van der Waals surface area contributed by atoms with Crippen LogP contribution in [0.3, 0.4) is 0 Å². The van der Waals surface area contributed by atoms with Crippen molar-refractivity contribution in [2.45, 2.75) is 52.5 Å². The van der Waals surface area contributed by atoms with Gasteiger partial charge in [0.2, 0.25) is 0 Å². The molecule has 1 aliphatic carbocycles. The molecule has 1 aliphatic rings. The molecule has 0 spiro atoms. The molecular formula is C34H35N5O6S. The van der Waals surface area contributed by atoms with Crippen LogP contribution in [0.2, 0.25) is 0 Å². The van der Waals surface area contributed by atoms with Crippen LogP contribution in [-0.4, -0.2) is 46.7 Å². The van der Waals surface area contributed by atoms with Crippen LogP contribution >= 0.6 is 11.3 Å². The lowest BCUT2D eigenvalue weighted by atomic mass is 9.95. The molecule has 0 fully saturated rings. The van der Waals surface area contributed by atoms with Crippen LogP contribution in [0, 0.1) is 12.3 Å². The third-order valence-corrected chi connectivity index (χ3v) is 9.54. The van der Waals surface area contributed by atoms with E-state index in [0.717, 1.165) is 47.3 Å². The zero-order chi connectivity index (χ0) is 32.5. The summed E-state index contributed by atoms with van der Waals surface area (Å²) in [6.07, 6.45) is 5.62. The monoisotopic (exact) mass is 641 g/mol. The molecule has 1 amide bonds. The number of anilines is 1. The van der Waals surface area contributed by atoms with Crippen LogP contribution < -0.4 is 25.8 Å². The molecule has 0 bridgehead atoms. The van der Waals surface area contributed by atoms with Gasteiger partial charge in [-0.25, -0.2) is 9.78 Å². The number of aromatic nitrogens is 3. The average Bonchev–Trinajstić information content (AvgIpc) is 3.42. The minimum Gasteiger partial charge on any atom is -0.493 e. The summed E-state index contributed by atoms with van der Waals surface area (Å²) in [4.78, 5) is 46.7. The zero-order valence-corrected chi connectivity index (χ0v) is 27.0. The maximum absolute atomic E-state index is 14.0. The number of carbonyl (C=O) groups excluding carboxylic acids is 2. The SMILES string of the molecule is CCOC(=O)c1c(NC(=O)c2cc3c(=O)n4cccc(C)c4nc3n(CCc3ccc(OC)c(OC)c3)c2=N)sc2c1CCCC2. The second-order valence-corrected chi connectivity index (χ2v) is 12.2. The van der Waals surface area contributed by atoms with E-state index in [2.05, 4.69) is 5.32 Å². The Morgan fingerprint density at radius 3 is 2.61 bits per heavy atom. The van der Waals surface area contributed by atoms with Crippen molar-refractivity contribution in [2.24, 2.45) is 0 Å². The molecule has 2 N–H and O–H groups in total. The second kappa shape index (κ2) is 12.8. The van der Waals surface area contributed by atoms with Crippen LogP contribution in [-0.2, 0) is 30.5 Å². The number of fused-ring (bicyclic) bond motifs is 3. The molecule has 1 aromatic carbocycles. The van der Waals surface area contributed by atoms with E-state index in [1.807, 2.05) is 31.2 Å². The van der Waals surface area contributed by atoms with Crippen LogP contribution in [0.4, 0.5) is 5.00 Å². The lowest BCUT2D eigenvalue weighted by Crippen LogP contribution is -2.32. The van der Waals surface area contributed by atoms with Gasteiger partial charge in [-0.1, -0.05) is 12.1 Å². The first-order valence-electron chi connectivity index (χ1n) is 15.2. The quantitative estimate of drug-likeness (QED) is 0.169. The molecule has 11 nitrogen and oxygen atoms in total. The van der Waals surface area contributed by atoms with E-state index in [9.17, 15) is 19.8 Å². The number of benzene rings is 1. The minimum absolute atomic E-state index is 0.00695. The van der Waals surface area contributed by atoms with Crippen molar-refractivity contribution in [1.82, 2.24) is 14.0 Å². The highest BCUT2D eigenvalue weighted by atomic mass is 32.1. The van der Waals surface area contributed by atoms with Crippen molar-refractivity contribution < 1.29 is 23.8 Å². The van der Waals surface area contributed by atoms with Crippen molar-refractivity contribution in [3.8, 4) is 11.5 Å². The largest absolute Gasteiger partial charge is 0.493 e. The van der Waals surface area contributed by atoms with Gasteiger partial charge in [0, 0.05) is 17.6 Å². The predicted molar refractivity (Wildman–Crippen MR) is 176 cm³/mol. The van der Waals surface area contributed by atoms with Crippen molar-refractivity contribution in [2.75, 3.05) is 26.1 Å². The van der Waals surface area contributed by atoms with E-state index in [1.165, 1.54) is 21.8 Å². The molecular weight excluding hydrogens is 606 g/mol. The van der Waals surface area contributed by atoms with Crippen LogP contribution in [0.1, 0.15) is 62.0 Å². The molecule has 0 radical (unpaired) electrons. The lowest BCUT2D eigenvalue weighted by Gasteiger charge is -2.16. The van der Waals surface area contributed by atoms with Gasteiger partial charge in [0.1, 0.15) is 21.8 Å². The number of ether oxygens (including phenoxy) is 3. The van der Waals surface area contributed by atoms with E-state index in [-0.39, 0.29) is 35.1 Å². The lowest BCUT2D eigenvalue weighted by molar-refractivity contribution is 0.0526. The maximum atomic E-state index is 14.0. The molecule has 4 aromatic heterocycles. The molecule has 238 valence electrons. The number of hydrogen-bond acceptors (Lipinski definition) is 9. The Hall–Kier alpha value is -4.97. The molecule has 0 aliphatic heterocycles. The number of rotatable bonds is 9. The highest BCUT2D eigenvalue weighted by Gasteiger charge is 2.28. The van der Waals surface area contributed by atoms with Crippen LogP contribution in [0.5, 0.6) is 11.5 Å². The third kappa shape index (κ3) is 5.53. The van der Waals surface area contributed by atoms with E-state index in [1.54, 1.807) is 38.0 Å². The van der Waals surface area contributed by atoms with E-state index in [4.69, 9.17) is 19.2 Å². The van der Waals surface area contributed by atoms with E-state index >= 15 is 0 Å². The average molecular weight is 642 g/mol. The van der Waals surface area contributed by atoms with Crippen molar-refractivity contribution >= 4 is 44.9 Å². The van der Waals surface area contributed by atoms with Crippen molar-refractivity contribution in [3.63, 3.8) is 0 Å².